The summed E-state index contributed by atoms with van der Waals surface area (Å²) in [4.78, 5) is 10.6. The fourth-order valence-electron chi connectivity index (χ4n) is 3.72. The summed E-state index contributed by atoms with van der Waals surface area (Å²) in [5.41, 5.74) is 1.65. The van der Waals surface area contributed by atoms with Gasteiger partial charge in [0.15, 0.2) is 0 Å². The van der Waals surface area contributed by atoms with Crippen molar-refractivity contribution in [3.8, 4) is 6.07 Å². The van der Waals surface area contributed by atoms with E-state index in [1.54, 1.807) is 18.2 Å². The molecule has 1 aliphatic heterocycles. The summed E-state index contributed by atoms with van der Waals surface area (Å²) in [5, 5.41) is 21.2. The normalized spacial score (nSPS) is 20.2. The van der Waals surface area contributed by atoms with Gasteiger partial charge < -0.3 is 18.9 Å². The van der Waals surface area contributed by atoms with Crippen molar-refractivity contribution in [3.05, 3.63) is 93.7 Å². The van der Waals surface area contributed by atoms with E-state index in [0.29, 0.717) is 22.5 Å². The minimum atomic E-state index is -1.56. The maximum absolute atomic E-state index is 11.1. The molecule has 0 amide bonds. The largest absolute Gasteiger partial charge is 0.505 e. The molecule has 0 saturated carbocycles. The number of benzene rings is 2. The Labute approximate surface area is 180 Å². The second-order valence-corrected chi connectivity index (χ2v) is 6.75. The molecule has 8 nitrogen and oxygen atoms in total. The molecule has 0 radical (unpaired) electrons. The first-order valence-electron chi connectivity index (χ1n) is 9.44. The first kappa shape index (κ1) is 22.0. The summed E-state index contributed by atoms with van der Waals surface area (Å²) < 4.78 is 22.7. The molecule has 0 N–H and O–H groups in total. The van der Waals surface area contributed by atoms with Gasteiger partial charge in [0.1, 0.15) is 5.76 Å². The van der Waals surface area contributed by atoms with Crippen molar-refractivity contribution in [2.24, 2.45) is 5.92 Å². The quantitative estimate of drug-likeness (QED) is 0.282. The van der Waals surface area contributed by atoms with Crippen LogP contribution in [0.15, 0.2) is 72.5 Å². The van der Waals surface area contributed by atoms with Gasteiger partial charge in [-0.25, -0.2) is 0 Å². The molecule has 0 unspecified atom stereocenters. The molecule has 2 aromatic rings. The molecular formula is C23H22N2O6. The standard InChI is InChI=1S/C23H22N2O6/c1-28-14-13-20-21(16-9-11-18(12-10-16)25(26)27)19(15-24)22(17-7-5-4-6-8-17)31-23(20,29-2)30-3/h4-14,20-21H,1-3H3/b14-13-/t20-,21-/m1/s1. The first-order chi connectivity index (χ1) is 15.0. The third kappa shape index (κ3) is 4.14. The van der Waals surface area contributed by atoms with E-state index in [9.17, 15) is 15.4 Å². The van der Waals surface area contributed by atoms with Gasteiger partial charge >= 0.3 is 5.97 Å². The van der Waals surface area contributed by atoms with Gasteiger partial charge in [0.25, 0.3) is 5.69 Å². The van der Waals surface area contributed by atoms with Crippen LogP contribution in [0.5, 0.6) is 0 Å². The minimum Gasteiger partial charge on any atom is -0.505 e. The average Bonchev–Trinajstić information content (AvgIpc) is 2.82. The van der Waals surface area contributed by atoms with E-state index in [2.05, 4.69) is 6.07 Å². The monoisotopic (exact) mass is 422 g/mol. The molecular weight excluding hydrogens is 400 g/mol. The van der Waals surface area contributed by atoms with Crippen LogP contribution in [0.1, 0.15) is 17.0 Å². The summed E-state index contributed by atoms with van der Waals surface area (Å²) in [6, 6.07) is 17.5. The third-order valence-electron chi connectivity index (χ3n) is 5.18. The fourth-order valence-corrected chi connectivity index (χ4v) is 3.72. The van der Waals surface area contributed by atoms with Gasteiger partial charge in [0.05, 0.1) is 35.9 Å². The van der Waals surface area contributed by atoms with E-state index in [1.165, 1.54) is 39.7 Å². The topological polar surface area (TPSA) is 104 Å². The van der Waals surface area contributed by atoms with Crippen LogP contribution in [0.2, 0.25) is 0 Å². The molecule has 0 aromatic heterocycles. The van der Waals surface area contributed by atoms with Gasteiger partial charge in [-0.1, -0.05) is 42.5 Å². The smallest absolute Gasteiger partial charge is 0.334 e. The Hall–Kier alpha value is -3.67. The van der Waals surface area contributed by atoms with Crippen LogP contribution >= 0.6 is 0 Å². The summed E-state index contributed by atoms with van der Waals surface area (Å²) in [6.07, 6.45) is 3.15. The van der Waals surface area contributed by atoms with E-state index >= 15 is 0 Å². The Balaban J connectivity index is 2.28. The molecule has 31 heavy (non-hydrogen) atoms. The van der Waals surface area contributed by atoms with Gasteiger partial charge in [0.2, 0.25) is 0 Å². The Bertz CT molecular complexity index is 1020. The third-order valence-corrected chi connectivity index (χ3v) is 5.18. The molecule has 0 bridgehead atoms. The van der Waals surface area contributed by atoms with Crippen molar-refractivity contribution in [1.82, 2.24) is 0 Å². The number of non-ortho nitro benzene ring substituents is 1. The van der Waals surface area contributed by atoms with Crippen LogP contribution in [-0.4, -0.2) is 32.2 Å². The molecule has 8 heteroatoms. The number of allylic oxidation sites excluding steroid dienone is 1. The second kappa shape index (κ2) is 9.43. The average molecular weight is 422 g/mol. The molecule has 3 rings (SSSR count). The molecule has 0 spiro atoms. The van der Waals surface area contributed by atoms with E-state index in [0.717, 1.165) is 0 Å². The molecule has 160 valence electrons. The molecule has 2 aromatic carbocycles. The lowest BCUT2D eigenvalue weighted by atomic mass is 9.76. The summed E-state index contributed by atoms with van der Waals surface area (Å²) >= 11 is 0. The van der Waals surface area contributed by atoms with E-state index in [1.807, 2.05) is 30.3 Å². The predicted octanol–water partition coefficient (Wildman–Crippen LogP) is 4.37. The number of hydrogen-bond donors (Lipinski definition) is 0. The highest BCUT2D eigenvalue weighted by Gasteiger charge is 2.52. The lowest BCUT2D eigenvalue weighted by Crippen LogP contribution is -2.49. The Morgan fingerprint density at radius 1 is 1.10 bits per heavy atom. The fraction of sp³-hybridized carbons (Fsp3) is 0.261. The van der Waals surface area contributed by atoms with Gasteiger partial charge in [-0.15, -0.1) is 0 Å². The zero-order chi connectivity index (χ0) is 22.4. The zero-order valence-corrected chi connectivity index (χ0v) is 17.3. The minimum absolute atomic E-state index is 0.0460. The van der Waals surface area contributed by atoms with Crippen LogP contribution in [0.25, 0.3) is 5.76 Å². The van der Waals surface area contributed by atoms with Gasteiger partial charge in [-0.3, -0.25) is 10.1 Å². The number of nitro benzene ring substituents is 1. The first-order valence-corrected chi connectivity index (χ1v) is 9.44. The zero-order valence-electron chi connectivity index (χ0n) is 17.3. The van der Waals surface area contributed by atoms with Gasteiger partial charge in [-0.2, -0.15) is 5.26 Å². The van der Waals surface area contributed by atoms with Gasteiger partial charge in [0, 0.05) is 37.8 Å². The number of nitrogens with zero attached hydrogens (tertiary/aromatic N) is 2. The molecule has 1 aliphatic rings. The number of ether oxygens (including phenoxy) is 4. The summed E-state index contributed by atoms with van der Waals surface area (Å²) in [7, 11) is 4.40. The SMILES string of the molecule is CO/C=C\[C@@H]1[C@H](c2ccc([N+](=O)[O-])cc2)C(C#N)=C(c2ccccc2)OC1(OC)OC. The number of rotatable bonds is 7. The number of methoxy groups -OCH3 is 3. The maximum Gasteiger partial charge on any atom is 0.334 e. The van der Waals surface area contributed by atoms with Crippen LogP contribution in [0.3, 0.4) is 0 Å². The van der Waals surface area contributed by atoms with Crippen LogP contribution in [-0.2, 0) is 18.9 Å². The molecule has 0 aliphatic carbocycles. The van der Waals surface area contributed by atoms with Crippen molar-refractivity contribution in [3.63, 3.8) is 0 Å². The van der Waals surface area contributed by atoms with Crippen LogP contribution < -0.4 is 0 Å². The van der Waals surface area contributed by atoms with E-state index in [-0.39, 0.29) is 5.69 Å². The van der Waals surface area contributed by atoms with Crippen molar-refractivity contribution in [1.29, 1.82) is 5.26 Å². The van der Waals surface area contributed by atoms with Crippen molar-refractivity contribution in [2.45, 2.75) is 11.9 Å². The Morgan fingerprint density at radius 3 is 2.26 bits per heavy atom. The Morgan fingerprint density at radius 2 is 1.74 bits per heavy atom. The molecule has 0 fully saturated rings. The van der Waals surface area contributed by atoms with Crippen molar-refractivity contribution < 1.29 is 23.9 Å². The van der Waals surface area contributed by atoms with Crippen molar-refractivity contribution >= 4 is 11.4 Å². The lowest BCUT2D eigenvalue weighted by Gasteiger charge is -2.44. The highest BCUT2D eigenvalue weighted by Crippen LogP contribution is 2.50. The van der Waals surface area contributed by atoms with E-state index < -0.39 is 22.7 Å². The molecule has 0 saturated heterocycles. The Kier molecular flexibility index (Phi) is 6.70. The molecule has 2 atom stereocenters. The summed E-state index contributed by atoms with van der Waals surface area (Å²) in [6.45, 7) is 0. The number of nitriles is 1. The molecule has 1 heterocycles. The van der Waals surface area contributed by atoms with Gasteiger partial charge in [-0.05, 0) is 11.6 Å². The summed E-state index contributed by atoms with van der Waals surface area (Å²) in [5.74, 6) is -2.46. The van der Waals surface area contributed by atoms with Crippen LogP contribution in [0, 0.1) is 27.4 Å². The van der Waals surface area contributed by atoms with Crippen LogP contribution in [0.4, 0.5) is 5.69 Å². The number of hydrogen-bond acceptors (Lipinski definition) is 7. The second-order valence-electron chi connectivity index (χ2n) is 6.75. The highest BCUT2D eigenvalue weighted by atomic mass is 16.9. The van der Waals surface area contributed by atoms with Crippen molar-refractivity contribution in [2.75, 3.05) is 21.3 Å². The highest BCUT2D eigenvalue weighted by molar-refractivity contribution is 5.70. The lowest BCUT2D eigenvalue weighted by molar-refractivity contribution is -0.384. The number of nitro groups is 1. The predicted molar refractivity (Wildman–Crippen MR) is 112 cm³/mol. The van der Waals surface area contributed by atoms with E-state index in [4.69, 9.17) is 18.9 Å². The maximum atomic E-state index is 11.1.